The fraction of sp³-hybridized carbons (Fsp3) is 0.294. The van der Waals surface area contributed by atoms with Crippen molar-refractivity contribution in [3.8, 4) is 10.6 Å². The van der Waals surface area contributed by atoms with E-state index in [9.17, 15) is 4.79 Å². The Labute approximate surface area is 127 Å². The second-order valence-electron chi connectivity index (χ2n) is 5.49. The summed E-state index contributed by atoms with van der Waals surface area (Å²) in [5.74, 6) is 0. The summed E-state index contributed by atoms with van der Waals surface area (Å²) in [6.45, 7) is 4.29. The van der Waals surface area contributed by atoms with E-state index in [0.717, 1.165) is 45.9 Å². The van der Waals surface area contributed by atoms with Crippen LogP contribution < -0.4 is 10.3 Å². The number of aryl methyl sites for hydroxylation is 1. The van der Waals surface area contributed by atoms with Gasteiger partial charge in [-0.3, -0.25) is 4.79 Å². The van der Waals surface area contributed by atoms with E-state index in [1.54, 1.807) is 17.4 Å². The minimum absolute atomic E-state index is 0.126. The lowest BCUT2D eigenvalue weighted by molar-refractivity contribution is 0.618. The van der Waals surface area contributed by atoms with Gasteiger partial charge in [0.1, 0.15) is 0 Å². The minimum atomic E-state index is 0.126. The molecule has 4 heteroatoms. The Morgan fingerprint density at radius 2 is 2.10 bits per heavy atom. The molecule has 1 aromatic carbocycles. The van der Waals surface area contributed by atoms with Gasteiger partial charge in [0.05, 0.1) is 20.8 Å². The lowest BCUT2D eigenvalue weighted by atomic mass is 10.1. The third-order valence-corrected chi connectivity index (χ3v) is 5.24. The lowest BCUT2D eigenvalue weighted by Gasteiger charge is -2.33. The van der Waals surface area contributed by atoms with Gasteiger partial charge in [0.25, 0.3) is 0 Å². The number of nitrogens with zero attached hydrogens (tertiary/aromatic N) is 2. The molecule has 1 aliphatic carbocycles. The van der Waals surface area contributed by atoms with E-state index in [-0.39, 0.29) is 5.43 Å². The van der Waals surface area contributed by atoms with Gasteiger partial charge in [-0.2, -0.15) is 0 Å². The van der Waals surface area contributed by atoms with Crippen molar-refractivity contribution < 1.29 is 0 Å². The minimum Gasteiger partial charge on any atom is -0.371 e. The van der Waals surface area contributed by atoms with E-state index in [2.05, 4.69) is 23.1 Å². The van der Waals surface area contributed by atoms with E-state index in [1.807, 2.05) is 13.0 Å². The molecule has 0 radical (unpaired) electrons. The van der Waals surface area contributed by atoms with Gasteiger partial charge >= 0.3 is 0 Å². The molecular formula is C17H16N2OS. The average Bonchev–Trinajstić information content (AvgIpc) is 2.42. The maximum absolute atomic E-state index is 12.0. The molecule has 4 rings (SSSR count). The highest BCUT2D eigenvalue weighted by Gasteiger charge is 2.16. The summed E-state index contributed by atoms with van der Waals surface area (Å²) < 4.78 is 1.15. The largest absolute Gasteiger partial charge is 0.371 e. The zero-order valence-electron chi connectivity index (χ0n) is 11.9. The van der Waals surface area contributed by atoms with Crippen LogP contribution in [0.2, 0.25) is 0 Å². The van der Waals surface area contributed by atoms with Gasteiger partial charge in [0, 0.05) is 30.4 Å². The van der Waals surface area contributed by atoms with Gasteiger partial charge in [0.2, 0.25) is 0 Å². The number of benzene rings is 2. The van der Waals surface area contributed by atoms with Gasteiger partial charge in [-0.25, -0.2) is 4.98 Å². The number of fused-ring (bicyclic) bond motifs is 2. The van der Waals surface area contributed by atoms with Crippen LogP contribution in [0.25, 0.3) is 20.8 Å². The first-order chi connectivity index (χ1) is 10.2. The van der Waals surface area contributed by atoms with Crippen LogP contribution in [0, 0.1) is 0 Å². The summed E-state index contributed by atoms with van der Waals surface area (Å²) in [7, 11) is 0. The van der Waals surface area contributed by atoms with Crippen LogP contribution in [-0.2, 0) is 6.42 Å². The molecule has 1 saturated heterocycles. The molecule has 0 atom stereocenters. The van der Waals surface area contributed by atoms with Crippen LogP contribution in [0.1, 0.15) is 18.9 Å². The molecule has 1 aromatic rings. The van der Waals surface area contributed by atoms with Gasteiger partial charge in [-0.15, -0.1) is 11.3 Å². The van der Waals surface area contributed by atoms with Crippen LogP contribution in [0.5, 0.6) is 0 Å². The summed E-state index contributed by atoms with van der Waals surface area (Å²) in [5.41, 5.74) is 4.18. The lowest BCUT2D eigenvalue weighted by Crippen LogP contribution is -2.36. The maximum Gasteiger partial charge on any atom is 0.183 e. The number of hydrogen-bond acceptors (Lipinski definition) is 4. The Hall–Kier alpha value is -1.94. The third kappa shape index (κ3) is 2.10. The molecule has 106 valence electrons. The van der Waals surface area contributed by atoms with Gasteiger partial charge in [-0.05, 0) is 37.1 Å². The SMILES string of the molecule is CCc1cc2nc3ccc(N4CCC4)cc3sc-2cc1=O. The van der Waals surface area contributed by atoms with Crippen molar-refractivity contribution in [1.82, 2.24) is 4.98 Å². The Morgan fingerprint density at radius 1 is 1.24 bits per heavy atom. The highest BCUT2D eigenvalue weighted by Crippen LogP contribution is 2.33. The van der Waals surface area contributed by atoms with Crippen molar-refractivity contribution in [2.75, 3.05) is 18.0 Å². The Morgan fingerprint density at radius 3 is 2.81 bits per heavy atom. The normalized spacial score (nSPS) is 14.6. The molecule has 0 N–H and O–H groups in total. The summed E-state index contributed by atoms with van der Waals surface area (Å²) in [6.07, 6.45) is 2.03. The topological polar surface area (TPSA) is 33.2 Å². The molecule has 0 spiro atoms. The molecule has 0 unspecified atom stereocenters. The quantitative estimate of drug-likeness (QED) is 0.678. The van der Waals surface area contributed by atoms with E-state index in [4.69, 9.17) is 4.98 Å². The van der Waals surface area contributed by atoms with Gasteiger partial charge < -0.3 is 4.90 Å². The van der Waals surface area contributed by atoms with Crippen LogP contribution in [0.3, 0.4) is 0 Å². The van der Waals surface area contributed by atoms with E-state index in [0.29, 0.717) is 0 Å². The molecular weight excluding hydrogens is 280 g/mol. The monoisotopic (exact) mass is 296 g/mol. The van der Waals surface area contributed by atoms with Crippen LogP contribution in [-0.4, -0.2) is 18.1 Å². The number of anilines is 1. The van der Waals surface area contributed by atoms with Gasteiger partial charge in [0.15, 0.2) is 5.43 Å². The van der Waals surface area contributed by atoms with Crippen LogP contribution in [0.4, 0.5) is 5.69 Å². The summed E-state index contributed by atoms with van der Waals surface area (Å²) in [6, 6.07) is 10.1. The third-order valence-electron chi connectivity index (χ3n) is 4.15. The standard InChI is InChI=1S/C17H16N2OS/c1-2-11-8-14-17(10-15(11)20)21-16-9-12(19-6-3-7-19)4-5-13(16)18-14/h4-5,8-10H,2-3,6-7H2,1H3. The van der Waals surface area contributed by atoms with Crippen molar-refractivity contribution in [3.05, 3.63) is 46.1 Å². The van der Waals surface area contributed by atoms with Crippen molar-refractivity contribution in [3.63, 3.8) is 0 Å². The molecule has 0 aromatic heterocycles. The predicted molar refractivity (Wildman–Crippen MR) is 88.7 cm³/mol. The molecule has 2 heterocycles. The zero-order chi connectivity index (χ0) is 14.4. The maximum atomic E-state index is 12.0. The molecule has 2 aliphatic heterocycles. The Balaban J connectivity index is 1.92. The fourth-order valence-corrected chi connectivity index (χ4v) is 3.74. The smallest absolute Gasteiger partial charge is 0.183 e. The highest BCUT2D eigenvalue weighted by molar-refractivity contribution is 7.21. The molecule has 0 bridgehead atoms. The second-order valence-corrected chi connectivity index (χ2v) is 6.57. The molecule has 3 nitrogen and oxygen atoms in total. The number of rotatable bonds is 2. The summed E-state index contributed by atoms with van der Waals surface area (Å²) in [4.78, 5) is 20.1. The molecule has 0 saturated carbocycles. The number of aromatic nitrogens is 1. The molecule has 1 fully saturated rings. The van der Waals surface area contributed by atoms with Gasteiger partial charge in [-0.1, -0.05) is 6.92 Å². The molecule has 21 heavy (non-hydrogen) atoms. The van der Waals surface area contributed by atoms with Crippen molar-refractivity contribution in [2.45, 2.75) is 19.8 Å². The average molecular weight is 296 g/mol. The van der Waals surface area contributed by atoms with E-state index >= 15 is 0 Å². The first kappa shape index (κ1) is 12.8. The van der Waals surface area contributed by atoms with Crippen LogP contribution >= 0.6 is 11.3 Å². The van der Waals surface area contributed by atoms with Crippen molar-refractivity contribution >= 4 is 27.2 Å². The number of hydrogen-bond donors (Lipinski definition) is 0. The fourth-order valence-electron chi connectivity index (χ4n) is 2.73. The van der Waals surface area contributed by atoms with Crippen molar-refractivity contribution in [2.24, 2.45) is 0 Å². The second kappa shape index (κ2) is 4.81. The highest BCUT2D eigenvalue weighted by atomic mass is 32.1. The zero-order valence-corrected chi connectivity index (χ0v) is 12.7. The Kier molecular flexibility index (Phi) is 2.93. The van der Waals surface area contributed by atoms with Crippen LogP contribution in [0.15, 0.2) is 35.1 Å². The van der Waals surface area contributed by atoms with Crippen molar-refractivity contribution in [1.29, 1.82) is 0 Å². The summed E-state index contributed by atoms with van der Waals surface area (Å²) in [5, 5.41) is 0. The van der Waals surface area contributed by atoms with E-state index in [1.165, 1.54) is 12.1 Å². The Bertz CT molecular complexity index is 851. The first-order valence-electron chi connectivity index (χ1n) is 7.37. The predicted octanol–water partition coefficient (Wildman–Crippen LogP) is 3.53. The molecule has 0 amide bonds. The molecule has 3 aliphatic rings. The summed E-state index contributed by atoms with van der Waals surface area (Å²) >= 11 is 1.66. The first-order valence-corrected chi connectivity index (χ1v) is 8.19. The van der Waals surface area contributed by atoms with E-state index < -0.39 is 0 Å².